The average molecular weight is 685 g/mol. The Balaban J connectivity index is 2.08. The molecule has 42 heavy (non-hydrogen) atoms. The fourth-order valence-corrected chi connectivity index (χ4v) is 25.1. The number of alkyl halides is 6. The van der Waals surface area contributed by atoms with E-state index in [2.05, 4.69) is 0 Å². The molecule has 0 fully saturated rings. The van der Waals surface area contributed by atoms with Gasteiger partial charge < -0.3 is 0 Å². The van der Waals surface area contributed by atoms with E-state index in [1.807, 2.05) is 93.6 Å². The monoisotopic (exact) mass is 684 g/mol. The van der Waals surface area contributed by atoms with Crippen LogP contribution in [0.25, 0.3) is 0 Å². The molecule has 0 aliphatic heterocycles. The molecule has 0 nitrogen and oxygen atoms in total. The van der Waals surface area contributed by atoms with Crippen molar-refractivity contribution in [2.45, 2.75) is 33.1 Å². The zero-order valence-corrected chi connectivity index (χ0v) is 25.8. The minimum absolute atomic E-state index is 0.659. The van der Waals surface area contributed by atoms with Gasteiger partial charge in [-0.25, -0.2) is 0 Å². The molecule has 0 amide bonds. The topological polar surface area (TPSA) is 0 Å². The molecule has 0 atom stereocenters. The summed E-state index contributed by atoms with van der Waals surface area (Å²) in [6.07, 6.45) is -9.09. The second-order valence-electron chi connectivity index (χ2n) is 10.7. The summed E-state index contributed by atoms with van der Waals surface area (Å²) in [6.45, 7) is 5.84. The van der Waals surface area contributed by atoms with Gasteiger partial charge in [-0.05, 0) is 0 Å². The molecule has 0 N–H and O–H groups in total. The van der Waals surface area contributed by atoms with Crippen LogP contribution in [0.15, 0.2) is 121 Å². The van der Waals surface area contributed by atoms with Crippen molar-refractivity contribution in [1.29, 1.82) is 0 Å². The molecule has 0 saturated heterocycles. The Morgan fingerprint density at radius 2 is 0.524 bits per heavy atom. The average Bonchev–Trinajstić information content (AvgIpc) is 2.96. The number of hydrogen-bond acceptors (Lipinski definition) is 0. The van der Waals surface area contributed by atoms with Crippen LogP contribution >= 0.6 is 0 Å². The molecule has 0 aliphatic carbocycles. The summed E-state index contributed by atoms with van der Waals surface area (Å²) in [5.41, 5.74) is 1.38. The third-order valence-corrected chi connectivity index (χ3v) is 27.1. The van der Waals surface area contributed by atoms with Gasteiger partial charge in [0.2, 0.25) is 0 Å². The molecule has 0 unspecified atom stereocenters. The number of aryl methyl sites for hydroxylation is 3. The van der Waals surface area contributed by atoms with Crippen molar-refractivity contribution in [2.75, 3.05) is 0 Å². The number of hydrogen-bond donors (Lipinski definition) is 0. The van der Waals surface area contributed by atoms with Crippen LogP contribution in [0.1, 0.15) is 27.8 Å². The van der Waals surface area contributed by atoms with Crippen molar-refractivity contribution >= 4 is 34.9 Å². The Morgan fingerprint density at radius 1 is 0.333 bits per heavy atom. The van der Waals surface area contributed by atoms with Gasteiger partial charge in [0.1, 0.15) is 0 Å². The van der Waals surface area contributed by atoms with E-state index in [0.29, 0.717) is 7.02 Å². The zero-order chi connectivity index (χ0) is 30.4. The van der Waals surface area contributed by atoms with Gasteiger partial charge in [-0.3, -0.25) is 0 Å². The van der Waals surface area contributed by atoms with Gasteiger partial charge in [-0.2, -0.15) is 0 Å². The first-order chi connectivity index (χ1) is 19.8. The summed E-state index contributed by atoms with van der Waals surface area (Å²) in [5.74, 6) is 0. The summed E-state index contributed by atoms with van der Waals surface area (Å²) >= 11 is -5.50. The zero-order valence-electron chi connectivity index (χ0n) is 23.3. The standard InChI is InChI=1S/2C7H4F3.3C7H7.Sb/c2*8-7(9,10)6-4-2-1-3-5-6;3*1-7-5-3-2-4-6-7;/h2*2-5H;3*3-6H,1H3;. The van der Waals surface area contributed by atoms with E-state index in [0.717, 1.165) is 51.5 Å². The molecule has 0 aliphatic rings. The fraction of sp³-hybridized carbons (Fsp3) is 0.143. The second kappa shape index (κ2) is 10.6. The van der Waals surface area contributed by atoms with E-state index in [1.165, 1.54) is 24.3 Å². The van der Waals surface area contributed by atoms with Crippen molar-refractivity contribution in [3.05, 3.63) is 149 Å². The predicted octanol–water partition coefficient (Wildman–Crippen LogP) is 6.89. The predicted molar refractivity (Wildman–Crippen MR) is 160 cm³/mol. The molecule has 0 aromatic heterocycles. The summed E-state index contributed by atoms with van der Waals surface area (Å²) in [6, 6.07) is 34.1. The van der Waals surface area contributed by atoms with Gasteiger partial charge in [0, 0.05) is 0 Å². The van der Waals surface area contributed by atoms with E-state index in [9.17, 15) is 26.3 Å². The van der Waals surface area contributed by atoms with Crippen LogP contribution in [0.4, 0.5) is 26.3 Å². The molecule has 0 bridgehead atoms. The number of halogens is 6. The summed E-state index contributed by atoms with van der Waals surface area (Å²) in [7, 11) is 0. The number of rotatable bonds is 5. The molecule has 216 valence electrons. The Bertz CT molecular complexity index is 1500. The van der Waals surface area contributed by atoms with Crippen LogP contribution < -0.4 is 17.6 Å². The van der Waals surface area contributed by atoms with Crippen LogP contribution in [0, 0.1) is 20.8 Å². The van der Waals surface area contributed by atoms with Crippen molar-refractivity contribution in [1.82, 2.24) is 0 Å². The van der Waals surface area contributed by atoms with Crippen LogP contribution in [0.5, 0.6) is 0 Å². The molecule has 5 aromatic rings. The molecule has 5 aromatic carbocycles. The molecule has 0 spiro atoms. The maximum atomic E-state index is 13.8. The first-order valence-corrected chi connectivity index (χ1v) is 19.7. The fourth-order valence-electron chi connectivity index (χ4n) is 5.92. The maximum absolute atomic E-state index is 13.8. The van der Waals surface area contributed by atoms with Gasteiger partial charge in [0.05, 0.1) is 0 Å². The molecule has 0 saturated carbocycles. The Hall–Kier alpha value is -3.50. The van der Waals surface area contributed by atoms with E-state index in [4.69, 9.17) is 0 Å². The van der Waals surface area contributed by atoms with Gasteiger partial charge >= 0.3 is 244 Å². The van der Waals surface area contributed by atoms with Gasteiger partial charge in [-0.1, -0.05) is 0 Å². The van der Waals surface area contributed by atoms with Crippen LogP contribution in [-0.4, -0.2) is 17.4 Å². The van der Waals surface area contributed by atoms with Crippen LogP contribution in [-0.2, 0) is 12.4 Å². The second-order valence-corrected chi connectivity index (χ2v) is 24.5. The van der Waals surface area contributed by atoms with Crippen molar-refractivity contribution in [2.24, 2.45) is 0 Å². The summed E-state index contributed by atoms with van der Waals surface area (Å²) in [5, 5.41) is 0. The van der Waals surface area contributed by atoms with Gasteiger partial charge in [0.15, 0.2) is 0 Å². The third-order valence-electron chi connectivity index (χ3n) is 8.07. The van der Waals surface area contributed by atoms with Crippen molar-refractivity contribution < 1.29 is 26.3 Å². The van der Waals surface area contributed by atoms with E-state index in [-0.39, 0.29) is 0 Å². The molecule has 0 heterocycles. The van der Waals surface area contributed by atoms with E-state index in [1.54, 1.807) is 0 Å². The SMILES string of the molecule is Cc1cc[c]([Sb]([c]2ccc(C)cc2)([c]2ccc(C)cc2)([c]2ccc(C(F)(F)F)cc2)[c]2ccc(C(F)(F)F)cc2)cc1. The first kappa shape index (κ1) is 30.0. The summed E-state index contributed by atoms with van der Waals surface area (Å²) in [4.78, 5) is 0. The van der Waals surface area contributed by atoms with Crippen molar-refractivity contribution in [3.8, 4) is 0 Å². The Kier molecular flexibility index (Phi) is 7.60. The molecule has 0 radical (unpaired) electrons. The third kappa shape index (κ3) is 4.74. The summed E-state index contributed by atoms with van der Waals surface area (Å²) < 4.78 is 86.8. The van der Waals surface area contributed by atoms with Crippen LogP contribution in [0.2, 0.25) is 0 Å². The number of benzene rings is 5. The molecular weight excluding hydrogens is 656 g/mol. The van der Waals surface area contributed by atoms with E-state index < -0.39 is 40.9 Å². The minimum atomic E-state index is -5.50. The normalized spacial score (nSPS) is 13.4. The van der Waals surface area contributed by atoms with E-state index >= 15 is 0 Å². The Labute approximate surface area is 242 Å². The quantitative estimate of drug-likeness (QED) is 0.140. The Morgan fingerprint density at radius 3 is 0.714 bits per heavy atom. The molecular formula is C35H29F6Sb. The van der Waals surface area contributed by atoms with Crippen molar-refractivity contribution in [3.63, 3.8) is 0 Å². The van der Waals surface area contributed by atoms with Crippen LogP contribution in [0.3, 0.4) is 0 Å². The van der Waals surface area contributed by atoms with Gasteiger partial charge in [-0.15, -0.1) is 0 Å². The molecule has 5 rings (SSSR count). The first-order valence-electron chi connectivity index (χ1n) is 13.4. The van der Waals surface area contributed by atoms with Gasteiger partial charge in [0.25, 0.3) is 0 Å². The molecule has 7 heteroatoms.